The highest BCUT2D eigenvalue weighted by Crippen LogP contribution is 2.30. The van der Waals surface area contributed by atoms with Crippen molar-refractivity contribution in [3.8, 4) is 0 Å². The van der Waals surface area contributed by atoms with Crippen LogP contribution in [0.25, 0.3) is 0 Å². The van der Waals surface area contributed by atoms with Gasteiger partial charge in [0, 0.05) is 23.7 Å². The molecular weight excluding hydrogens is 230 g/mol. The van der Waals surface area contributed by atoms with E-state index in [1.54, 1.807) is 17.0 Å². The third-order valence-electron chi connectivity index (χ3n) is 2.86. The molecule has 0 bridgehead atoms. The lowest BCUT2D eigenvalue weighted by molar-refractivity contribution is -0.130. The number of carbonyl (C=O) groups is 2. The second-order valence-electron chi connectivity index (χ2n) is 5.38. The minimum Gasteiger partial charge on any atom is -0.461 e. The molecule has 0 atom stereocenters. The van der Waals surface area contributed by atoms with Gasteiger partial charge in [-0.25, -0.2) is 0 Å². The van der Waals surface area contributed by atoms with Crippen LogP contribution in [0.3, 0.4) is 0 Å². The van der Waals surface area contributed by atoms with Crippen LogP contribution in [0.2, 0.25) is 0 Å². The van der Waals surface area contributed by atoms with Gasteiger partial charge in [-0.1, -0.05) is 0 Å². The molecule has 0 N–H and O–H groups in total. The van der Waals surface area contributed by atoms with Crippen LogP contribution in [0.5, 0.6) is 0 Å². The molecule has 4 heteroatoms. The van der Waals surface area contributed by atoms with Crippen LogP contribution in [0.4, 0.5) is 0 Å². The molecular formula is C14H17NO3. The van der Waals surface area contributed by atoms with Crippen LogP contribution in [0, 0.1) is 0 Å². The molecule has 96 valence electrons. The molecule has 1 aliphatic rings. The Labute approximate surface area is 106 Å². The van der Waals surface area contributed by atoms with Crippen molar-refractivity contribution in [1.82, 2.24) is 4.90 Å². The zero-order valence-electron chi connectivity index (χ0n) is 10.9. The Morgan fingerprint density at radius 3 is 2.67 bits per heavy atom. The second-order valence-corrected chi connectivity index (χ2v) is 5.38. The van der Waals surface area contributed by atoms with E-state index in [2.05, 4.69) is 0 Å². The number of furan rings is 1. The van der Waals surface area contributed by atoms with Gasteiger partial charge in [-0.2, -0.15) is 0 Å². The third kappa shape index (κ3) is 2.37. The summed E-state index contributed by atoms with van der Waals surface area (Å²) in [4.78, 5) is 25.5. The molecule has 0 unspecified atom stereocenters. The van der Waals surface area contributed by atoms with Crippen LogP contribution >= 0.6 is 0 Å². The average Bonchev–Trinajstić information content (AvgIpc) is 2.86. The fourth-order valence-corrected chi connectivity index (χ4v) is 2.20. The second kappa shape index (κ2) is 4.44. The van der Waals surface area contributed by atoms with Crippen LogP contribution < -0.4 is 0 Å². The SMILES string of the molecule is CC(C)(C)N1C(=O)CC/C1=C\C(=O)c1ccco1. The molecule has 18 heavy (non-hydrogen) atoms. The van der Waals surface area contributed by atoms with Crippen molar-refractivity contribution in [3.05, 3.63) is 35.9 Å². The zero-order valence-corrected chi connectivity index (χ0v) is 10.9. The van der Waals surface area contributed by atoms with Gasteiger partial charge in [0.15, 0.2) is 5.76 Å². The molecule has 2 rings (SSSR count). The van der Waals surface area contributed by atoms with Crippen molar-refractivity contribution in [2.24, 2.45) is 0 Å². The molecule has 0 radical (unpaired) electrons. The van der Waals surface area contributed by atoms with Gasteiger partial charge in [0.05, 0.1) is 6.26 Å². The first-order chi connectivity index (χ1) is 8.39. The molecule has 1 saturated heterocycles. The van der Waals surface area contributed by atoms with E-state index in [0.717, 1.165) is 5.70 Å². The predicted molar refractivity (Wildman–Crippen MR) is 67.0 cm³/mol. The number of carbonyl (C=O) groups excluding carboxylic acids is 2. The monoisotopic (exact) mass is 247 g/mol. The van der Waals surface area contributed by atoms with Gasteiger partial charge in [0.1, 0.15) is 0 Å². The van der Waals surface area contributed by atoms with Crippen molar-refractivity contribution < 1.29 is 14.0 Å². The molecule has 0 saturated carbocycles. The van der Waals surface area contributed by atoms with Gasteiger partial charge >= 0.3 is 0 Å². The Hall–Kier alpha value is -1.84. The minimum absolute atomic E-state index is 0.0704. The third-order valence-corrected chi connectivity index (χ3v) is 2.86. The maximum Gasteiger partial charge on any atom is 0.227 e. The highest BCUT2D eigenvalue weighted by atomic mass is 16.3. The van der Waals surface area contributed by atoms with E-state index in [1.165, 1.54) is 12.3 Å². The summed E-state index contributed by atoms with van der Waals surface area (Å²) in [6.45, 7) is 5.88. The van der Waals surface area contributed by atoms with Crippen LogP contribution in [-0.4, -0.2) is 22.1 Å². The van der Waals surface area contributed by atoms with Crippen molar-refractivity contribution in [3.63, 3.8) is 0 Å². The lowest BCUT2D eigenvalue weighted by Gasteiger charge is -2.32. The summed E-state index contributed by atoms with van der Waals surface area (Å²) in [7, 11) is 0. The van der Waals surface area contributed by atoms with Crippen molar-refractivity contribution >= 4 is 11.7 Å². The summed E-state index contributed by atoms with van der Waals surface area (Å²) in [5, 5.41) is 0. The molecule has 0 aromatic carbocycles. The smallest absolute Gasteiger partial charge is 0.227 e. The summed E-state index contributed by atoms with van der Waals surface area (Å²) in [5.41, 5.74) is 0.469. The molecule has 1 fully saturated rings. The van der Waals surface area contributed by atoms with Crippen molar-refractivity contribution in [1.29, 1.82) is 0 Å². The number of ketones is 1. The Morgan fingerprint density at radius 1 is 1.39 bits per heavy atom. The number of allylic oxidation sites excluding steroid dienone is 2. The van der Waals surface area contributed by atoms with Crippen molar-refractivity contribution in [2.75, 3.05) is 0 Å². The maximum absolute atomic E-state index is 11.9. The highest BCUT2D eigenvalue weighted by Gasteiger charge is 2.34. The number of rotatable bonds is 2. The summed E-state index contributed by atoms with van der Waals surface area (Å²) in [5.74, 6) is 0.177. The first-order valence-corrected chi connectivity index (χ1v) is 6.01. The van der Waals surface area contributed by atoms with Crippen molar-refractivity contribution in [2.45, 2.75) is 39.2 Å². The van der Waals surface area contributed by atoms with Gasteiger partial charge in [-0.15, -0.1) is 0 Å². The maximum atomic E-state index is 11.9. The van der Waals surface area contributed by atoms with E-state index in [1.807, 2.05) is 20.8 Å². The fraction of sp³-hybridized carbons (Fsp3) is 0.429. The Kier molecular flexibility index (Phi) is 3.11. The highest BCUT2D eigenvalue weighted by molar-refractivity contribution is 6.03. The standard InChI is InChI=1S/C14H17NO3/c1-14(2,3)15-10(6-7-13(15)17)9-11(16)12-5-4-8-18-12/h4-5,8-9H,6-7H2,1-3H3/b10-9+. The van der Waals surface area contributed by atoms with Gasteiger partial charge in [-0.3, -0.25) is 9.59 Å². The summed E-state index contributed by atoms with van der Waals surface area (Å²) in [6, 6.07) is 3.30. The van der Waals surface area contributed by atoms with Crippen LogP contribution in [0.15, 0.2) is 34.6 Å². The number of hydrogen-bond acceptors (Lipinski definition) is 3. The number of likely N-dealkylation sites (tertiary alicyclic amines) is 1. The quantitative estimate of drug-likeness (QED) is 0.596. The Morgan fingerprint density at radius 2 is 2.11 bits per heavy atom. The minimum atomic E-state index is -0.303. The Balaban J connectivity index is 2.27. The average molecular weight is 247 g/mol. The van der Waals surface area contributed by atoms with Gasteiger partial charge in [0.2, 0.25) is 11.7 Å². The fourth-order valence-electron chi connectivity index (χ4n) is 2.20. The molecule has 1 aromatic rings. The summed E-state index contributed by atoms with van der Waals surface area (Å²) >= 11 is 0. The van der Waals surface area contributed by atoms with E-state index in [0.29, 0.717) is 18.6 Å². The topological polar surface area (TPSA) is 50.5 Å². The first kappa shape index (κ1) is 12.6. The number of hydrogen-bond donors (Lipinski definition) is 0. The normalized spacial score (nSPS) is 18.7. The predicted octanol–water partition coefficient (Wildman–Crippen LogP) is 2.77. The van der Waals surface area contributed by atoms with Crippen LogP contribution in [-0.2, 0) is 4.79 Å². The van der Waals surface area contributed by atoms with E-state index in [9.17, 15) is 9.59 Å². The first-order valence-electron chi connectivity index (χ1n) is 6.01. The molecule has 0 spiro atoms. The molecule has 2 heterocycles. The molecule has 1 aliphatic heterocycles. The lowest BCUT2D eigenvalue weighted by Crippen LogP contribution is -2.41. The summed E-state index contributed by atoms with van der Waals surface area (Å²) < 4.78 is 5.06. The molecule has 1 aromatic heterocycles. The van der Waals surface area contributed by atoms with Gasteiger partial charge in [-0.05, 0) is 39.3 Å². The molecule has 1 amide bonds. The largest absolute Gasteiger partial charge is 0.461 e. The van der Waals surface area contributed by atoms with E-state index < -0.39 is 0 Å². The van der Waals surface area contributed by atoms with Crippen LogP contribution in [0.1, 0.15) is 44.2 Å². The lowest BCUT2D eigenvalue weighted by atomic mass is 10.1. The van der Waals surface area contributed by atoms with E-state index in [-0.39, 0.29) is 17.2 Å². The molecule has 4 nitrogen and oxygen atoms in total. The van der Waals surface area contributed by atoms with E-state index >= 15 is 0 Å². The van der Waals surface area contributed by atoms with Gasteiger partial charge in [0.25, 0.3) is 0 Å². The molecule has 0 aliphatic carbocycles. The Bertz CT molecular complexity index is 492. The zero-order chi connectivity index (χ0) is 13.3. The van der Waals surface area contributed by atoms with E-state index in [4.69, 9.17) is 4.42 Å². The van der Waals surface area contributed by atoms with Gasteiger partial charge < -0.3 is 9.32 Å². The summed E-state index contributed by atoms with van der Waals surface area (Å²) in [6.07, 6.45) is 4.05. The number of amides is 1. The number of nitrogens with zero attached hydrogens (tertiary/aromatic N) is 1.